The molecule has 62 heavy (non-hydrogen) atoms. The van der Waals surface area contributed by atoms with Gasteiger partial charge in [-0.15, -0.1) is 0 Å². The lowest BCUT2D eigenvalue weighted by atomic mass is 9.73. The summed E-state index contributed by atoms with van der Waals surface area (Å²) in [6.07, 6.45) is 5.88. The lowest BCUT2D eigenvalue weighted by Crippen LogP contribution is -2.34. The zero-order valence-corrected chi connectivity index (χ0v) is 34.2. The van der Waals surface area contributed by atoms with Crippen LogP contribution in [0.5, 0.6) is 0 Å². The molecule has 0 bridgehead atoms. The normalized spacial score (nSPS) is 14.1. The van der Waals surface area contributed by atoms with Gasteiger partial charge < -0.3 is 9.80 Å². The molecular formula is C60H42N2. The molecular weight excluding hydrogens is 749 g/mol. The molecule has 10 aromatic carbocycles. The predicted octanol–water partition coefficient (Wildman–Crippen LogP) is 15.9. The molecule has 0 fully saturated rings. The van der Waals surface area contributed by atoms with Crippen LogP contribution in [0.25, 0.3) is 54.6 Å². The summed E-state index contributed by atoms with van der Waals surface area (Å²) in [7, 11) is 0. The van der Waals surface area contributed by atoms with Crippen LogP contribution in [-0.2, 0) is 6.42 Å². The molecule has 0 saturated carbocycles. The molecule has 0 aromatic heterocycles. The first-order valence-electron chi connectivity index (χ1n) is 21.6. The second-order valence-corrected chi connectivity index (χ2v) is 16.4. The number of nitrogens with zero attached hydrogens (tertiary/aromatic N) is 2. The average Bonchev–Trinajstić information content (AvgIpc) is 3.35. The van der Waals surface area contributed by atoms with Crippen LogP contribution in [0.3, 0.4) is 0 Å². The number of benzene rings is 10. The molecule has 0 heterocycles. The van der Waals surface area contributed by atoms with E-state index in [2.05, 4.69) is 246 Å². The number of hydrogen-bond donors (Lipinski definition) is 0. The summed E-state index contributed by atoms with van der Waals surface area (Å²) in [5, 5.41) is 7.48. The fourth-order valence-electron chi connectivity index (χ4n) is 10.1. The van der Waals surface area contributed by atoms with Crippen molar-refractivity contribution < 1.29 is 0 Å². The Hall–Kier alpha value is -7.94. The Morgan fingerprint density at radius 2 is 1.03 bits per heavy atom. The Bertz CT molecular complexity index is 3360. The summed E-state index contributed by atoms with van der Waals surface area (Å²) in [5.74, 6) is 0. The van der Waals surface area contributed by atoms with Gasteiger partial charge in [-0.05, 0) is 127 Å². The minimum Gasteiger partial charge on any atom is -0.330 e. The van der Waals surface area contributed by atoms with Crippen molar-refractivity contribution in [3.63, 3.8) is 0 Å². The molecule has 1 unspecified atom stereocenters. The average molecular weight is 791 g/mol. The first-order chi connectivity index (χ1) is 30.8. The molecule has 0 saturated heterocycles. The fourth-order valence-corrected chi connectivity index (χ4v) is 10.1. The topological polar surface area (TPSA) is 6.48 Å². The van der Waals surface area contributed by atoms with Gasteiger partial charge >= 0.3 is 0 Å². The molecule has 0 N–H and O–H groups in total. The van der Waals surface area contributed by atoms with E-state index in [1.807, 2.05) is 0 Å². The third-order valence-electron chi connectivity index (χ3n) is 12.9. The SMILES string of the molecule is C1=C(c2ccccc2)c2ccc3c(N(c4ccccc4)c4ccc5ccccc5c4)cc(-c4ccccc4)c4c3c2C(=CC4)C1N(c1ccccc1)c1cccc2ccccc12. The second kappa shape index (κ2) is 15.0. The third kappa shape index (κ3) is 5.95. The molecule has 2 aliphatic carbocycles. The van der Waals surface area contributed by atoms with Gasteiger partial charge in [-0.2, -0.15) is 0 Å². The molecule has 292 valence electrons. The van der Waals surface area contributed by atoms with E-state index in [0.29, 0.717) is 0 Å². The molecule has 1 atom stereocenters. The van der Waals surface area contributed by atoms with Crippen molar-refractivity contribution in [1.82, 2.24) is 0 Å². The van der Waals surface area contributed by atoms with Crippen LogP contribution in [-0.4, -0.2) is 6.04 Å². The fraction of sp³-hybridized carbons (Fsp3) is 0.0333. The maximum atomic E-state index is 2.58. The van der Waals surface area contributed by atoms with Crippen LogP contribution in [0, 0.1) is 0 Å². The van der Waals surface area contributed by atoms with Crippen molar-refractivity contribution in [1.29, 1.82) is 0 Å². The Morgan fingerprint density at radius 1 is 0.403 bits per heavy atom. The van der Waals surface area contributed by atoms with Gasteiger partial charge in [0.2, 0.25) is 0 Å². The van der Waals surface area contributed by atoms with Gasteiger partial charge in [0.25, 0.3) is 0 Å². The molecule has 2 heteroatoms. The van der Waals surface area contributed by atoms with Gasteiger partial charge in [0, 0.05) is 33.5 Å². The molecule has 0 radical (unpaired) electrons. The van der Waals surface area contributed by atoms with Gasteiger partial charge in [-0.1, -0.05) is 182 Å². The highest BCUT2D eigenvalue weighted by Crippen LogP contribution is 2.53. The number of fused-ring (bicyclic) bond motifs is 2. The molecule has 0 spiro atoms. The minimum absolute atomic E-state index is 0.0980. The zero-order chi connectivity index (χ0) is 41.0. The van der Waals surface area contributed by atoms with Crippen molar-refractivity contribution in [2.24, 2.45) is 0 Å². The standard InChI is InChI=1S/C60H42N2/c1-5-19-43(20-6-1)54-39-57(61(46-26-9-3-10-27-46)48-33-32-41-18-13-14-24-45(41)38-48)52-36-34-51-55(44-21-7-2-8-22-44)40-58(53-37-35-50(54)59(52)60(51)53)62(47-28-11-4-12-29-47)56-31-17-25-42-23-15-16-30-49(42)56/h1-34,36-40,58H,35H2. The summed E-state index contributed by atoms with van der Waals surface area (Å²) in [5.41, 5.74) is 16.0. The summed E-state index contributed by atoms with van der Waals surface area (Å²) >= 11 is 0. The smallest absolute Gasteiger partial charge is 0.0788 e. The van der Waals surface area contributed by atoms with Crippen LogP contribution in [0.15, 0.2) is 237 Å². The second-order valence-electron chi connectivity index (χ2n) is 16.4. The molecule has 2 nitrogen and oxygen atoms in total. The lowest BCUT2D eigenvalue weighted by Gasteiger charge is -2.40. The zero-order valence-electron chi connectivity index (χ0n) is 34.2. The molecule has 0 amide bonds. The molecule has 10 aromatic rings. The Morgan fingerprint density at radius 3 is 1.79 bits per heavy atom. The van der Waals surface area contributed by atoms with E-state index in [0.717, 1.165) is 29.2 Å². The number of allylic oxidation sites excluding steroid dienone is 1. The highest BCUT2D eigenvalue weighted by atomic mass is 15.2. The Balaban J connectivity index is 1.18. The van der Waals surface area contributed by atoms with Gasteiger partial charge in [0.05, 0.1) is 11.7 Å². The largest absolute Gasteiger partial charge is 0.330 e. The summed E-state index contributed by atoms with van der Waals surface area (Å²) in [6, 6.07) is 82.1. The van der Waals surface area contributed by atoms with E-state index in [1.54, 1.807) is 0 Å². The van der Waals surface area contributed by atoms with Crippen molar-refractivity contribution in [2.45, 2.75) is 12.5 Å². The van der Waals surface area contributed by atoms with E-state index in [-0.39, 0.29) is 6.04 Å². The van der Waals surface area contributed by atoms with Crippen LogP contribution >= 0.6 is 0 Å². The maximum Gasteiger partial charge on any atom is 0.0788 e. The highest BCUT2D eigenvalue weighted by Gasteiger charge is 2.36. The number of anilines is 5. The lowest BCUT2D eigenvalue weighted by molar-refractivity contribution is 0.951. The van der Waals surface area contributed by atoms with E-state index in [1.165, 1.54) is 82.5 Å². The van der Waals surface area contributed by atoms with Crippen LogP contribution in [0.1, 0.15) is 22.3 Å². The summed E-state index contributed by atoms with van der Waals surface area (Å²) < 4.78 is 0. The van der Waals surface area contributed by atoms with Crippen molar-refractivity contribution >= 4 is 71.9 Å². The number of hydrogen-bond acceptors (Lipinski definition) is 2. The summed E-state index contributed by atoms with van der Waals surface area (Å²) in [4.78, 5) is 5.06. The minimum atomic E-state index is -0.0980. The monoisotopic (exact) mass is 790 g/mol. The van der Waals surface area contributed by atoms with E-state index in [4.69, 9.17) is 0 Å². The van der Waals surface area contributed by atoms with Crippen molar-refractivity contribution in [3.8, 4) is 11.1 Å². The first kappa shape index (κ1) is 36.0. The quantitative estimate of drug-likeness (QED) is 0.151. The highest BCUT2D eigenvalue weighted by molar-refractivity contribution is 6.15. The van der Waals surface area contributed by atoms with E-state index >= 15 is 0 Å². The maximum absolute atomic E-state index is 2.58. The van der Waals surface area contributed by atoms with Gasteiger partial charge in [0.1, 0.15) is 0 Å². The summed E-state index contributed by atoms with van der Waals surface area (Å²) in [6.45, 7) is 0. The van der Waals surface area contributed by atoms with Crippen molar-refractivity contribution in [2.75, 3.05) is 9.80 Å². The van der Waals surface area contributed by atoms with E-state index < -0.39 is 0 Å². The third-order valence-corrected chi connectivity index (χ3v) is 12.9. The number of rotatable bonds is 8. The van der Waals surface area contributed by atoms with E-state index in [9.17, 15) is 0 Å². The van der Waals surface area contributed by atoms with Gasteiger partial charge in [-0.25, -0.2) is 0 Å². The predicted molar refractivity (Wildman–Crippen MR) is 263 cm³/mol. The molecule has 2 aliphatic rings. The molecule has 12 rings (SSSR count). The van der Waals surface area contributed by atoms with Gasteiger partial charge in [0.15, 0.2) is 0 Å². The van der Waals surface area contributed by atoms with Gasteiger partial charge in [-0.3, -0.25) is 0 Å². The Labute approximate surface area is 362 Å². The van der Waals surface area contributed by atoms with Crippen LogP contribution in [0.4, 0.5) is 28.4 Å². The molecule has 0 aliphatic heterocycles. The first-order valence-corrected chi connectivity index (χ1v) is 21.6. The van der Waals surface area contributed by atoms with Crippen molar-refractivity contribution in [3.05, 3.63) is 259 Å². The number of para-hydroxylation sites is 2. The van der Waals surface area contributed by atoms with Crippen LogP contribution in [0.2, 0.25) is 0 Å². The van der Waals surface area contributed by atoms with Crippen LogP contribution < -0.4 is 9.80 Å². The Kier molecular flexibility index (Phi) is 8.67.